The summed E-state index contributed by atoms with van der Waals surface area (Å²) >= 11 is 0. The van der Waals surface area contributed by atoms with Crippen molar-refractivity contribution < 1.29 is 24.2 Å². The molecule has 2 unspecified atom stereocenters. The van der Waals surface area contributed by atoms with Crippen molar-refractivity contribution in [1.82, 2.24) is 15.1 Å². The van der Waals surface area contributed by atoms with Gasteiger partial charge in [0.1, 0.15) is 5.56 Å². The number of aromatic nitrogens is 2. The summed E-state index contributed by atoms with van der Waals surface area (Å²) < 4.78 is 12.8. The number of nitrogens with one attached hydrogen (secondary N) is 1. The Balaban J connectivity index is 1.50. The van der Waals surface area contributed by atoms with Crippen molar-refractivity contribution in [2.75, 3.05) is 19.8 Å². The summed E-state index contributed by atoms with van der Waals surface area (Å²) in [6, 6.07) is 0.0888. The van der Waals surface area contributed by atoms with Crippen molar-refractivity contribution in [3.8, 4) is 5.88 Å². The van der Waals surface area contributed by atoms with Crippen LogP contribution in [0.5, 0.6) is 5.88 Å². The number of ether oxygens (including phenoxy) is 2. The monoisotopic (exact) mass is 488 g/mol. The molecule has 9 heteroatoms. The van der Waals surface area contributed by atoms with E-state index in [0.717, 1.165) is 32.1 Å². The number of primary amides is 1. The third-order valence-electron chi connectivity index (χ3n) is 7.84. The molecule has 194 valence electrons. The molecule has 0 saturated heterocycles. The van der Waals surface area contributed by atoms with Gasteiger partial charge in [0, 0.05) is 23.1 Å². The molecule has 35 heavy (non-hydrogen) atoms. The second-order valence-corrected chi connectivity index (χ2v) is 12.1. The lowest BCUT2D eigenvalue weighted by Gasteiger charge is -2.59. The second kappa shape index (κ2) is 9.84. The Morgan fingerprint density at radius 1 is 1.31 bits per heavy atom. The van der Waals surface area contributed by atoms with E-state index in [1.54, 1.807) is 17.1 Å². The van der Waals surface area contributed by atoms with Gasteiger partial charge in [-0.3, -0.25) is 4.79 Å². The number of nitrogens with zero attached hydrogens (tertiary/aromatic N) is 2. The van der Waals surface area contributed by atoms with Crippen LogP contribution in [-0.2, 0) is 4.74 Å². The van der Waals surface area contributed by atoms with Crippen LogP contribution in [0.3, 0.4) is 0 Å². The molecule has 5 rings (SSSR count). The molecule has 0 spiro atoms. The molecule has 1 heterocycles. The topological polar surface area (TPSA) is 129 Å². The predicted molar refractivity (Wildman–Crippen MR) is 132 cm³/mol. The zero-order valence-corrected chi connectivity index (χ0v) is 21.3. The molecule has 1 aromatic rings. The fourth-order valence-electron chi connectivity index (χ4n) is 6.39. The largest absolute Gasteiger partial charge is 0.477 e. The number of carbonyl (C=O) groups excluding carboxylic acids is 2. The molecule has 1 aromatic heterocycles. The van der Waals surface area contributed by atoms with Crippen molar-refractivity contribution in [3.05, 3.63) is 17.8 Å². The van der Waals surface area contributed by atoms with Gasteiger partial charge in [0.2, 0.25) is 5.88 Å². The molecular formula is C26H40N4O5. The first kappa shape index (κ1) is 25.5. The highest BCUT2D eigenvalue weighted by molar-refractivity contribution is 5.96. The maximum absolute atomic E-state index is 13.5. The van der Waals surface area contributed by atoms with Crippen LogP contribution in [0, 0.1) is 34.5 Å². The summed E-state index contributed by atoms with van der Waals surface area (Å²) in [5.74, 6) is 1.87. The van der Waals surface area contributed by atoms with E-state index in [4.69, 9.17) is 15.2 Å². The van der Waals surface area contributed by atoms with Crippen LogP contribution in [0.1, 0.15) is 70.2 Å². The molecule has 4 aliphatic rings. The minimum absolute atomic E-state index is 0.00226. The van der Waals surface area contributed by atoms with Gasteiger partial charge in [0.15, 0.2) is 0 Å². The van der Waals surface area contributed by atoms with Crippen LogP contribution in [-0.4, -0.2) is 52.7 Å². The lowest BCUT2D eigenvalue weighted by atomic mass is 9.48. The van der Waals surface area contributed by atoms with E-state index in [0.29, 0.717) is 42.4 Å². The molecule has 2 atom stereocenters. The average molecular weight is 489 g/mol. The first-order valence-electron chi connectivity index (χ1n) is 12.7. The van der Waals surface area contributed by atoms with Gasteiger partial charge >= 0.3 is 6.09 Å². The van der Waals surface area contributed by atoms with Gasteiger partial charge in [-0.25, -0.2) is 9.48 Å². The van der Waals surface area contributed by atoms with Gasteiger partial charge in [-0.05, 0) is 55.8 Å². The van der Waals surface area contributed by atoms with Gasteiger partial charge in [-0.2, -0.15) is 5.10 Å². The number of carbonyl (C=O) groups is 2. The van der Waals surface area contributed by atoms with Crippen LogP contribution >= 0.6 is 0 Å². The lowest BCUT2D eigenvalue weighted by Crippen LogP contribution is -2.60. The highest BCUT2D eigenvalue weighted by Gasteiger charge is 2.56. The third kappa shape index (κ3) is 5.66. The average Bonchev–Trinajstić information content (AvgIpc) is 3.20. The molecular weight excluding hydrogens is 448 g/mol. The van der Waals surface area contributed by atoms with Crippen LogP contribution in [0.4, 0.5) is 4.79 Å². The number of hydrogen-bond donors (Lipinski definition) is 3. The van der Waals surface area contributed by atoms with E-state index in [1.165, 1.54) is 0 Å². The highest BCUT2D eigenvalue weighted by atomic mass is 16.5. The lowest BCUT2D eigenvalue weighted by molar-refractivity contribution is -0.0977. The smallest absolute Gasteiger partial charge is 0.404 e. The Morgan fingerprint density at radius 2 is 2.00 bits per heavy atom. The van der Waals surface area contributed by atoms with E-state index in [9.17, 15) is 14.7 Å². The zero-order chi connectivity index (χ0) is 25.4. The first-order valence-corrected chi connectivity index (χ1v) is 12.7. The van der Waals surface area contributed by atoms with E-state index >= 15 is 0 Å². The standard InChI is InChI=1S/C26H40N4O5/c1-16(2)13-34-23-20(12-28-30(23)6-5-25(3,4)14-31)22(32)29-21-18-7-17-8-19(21)11-26(9-17,10-18)15-35-24(27)33/h5-6,12,16-19,21,31H,7-11,13-15H2,1-4H3,(H2,27,33)(H,29,32). The number of aliphatic hydroxyl groups is 1. The van der Waals surface area contributed by atoms with Gasteiger partial charge in [0.25, 0.3) is 5.91 Å². The van der Waals surface area contributed by atoms with E-state index in [-0.39, 0.29) is 29.9 Å². The van der Waals surface area contributed by atoms with Crippen LogP contribution < -0.4 is 15.8 Å². The molecule has 9 nitrogen and oxygen atoms in total. The van der Waals surface area contributed by atoms with Crippen LogP contribution in [0.2, 0.25) is 0 Å². The quantitative estimate of drug-likeness (QED) is 0.463. The Labute approximate surface area is 207 Å². The summed E-state index contributed by atoms with van der Waals surface area (Å²) in [6.07, 6.45) is 9.57. The molecule has 0 aliphatic heterocycles. The number of nitrogens with two attached hydrogens (primary N) is 1. The Bertz CT molecular complexity index is 953. The van der Waals surface area contributed by atoms with Crippen LogP contribution in [0.25, 0.3) is 6.20 Å². The number of amides is 2. The van der Waals surface area contributed by atoms with Gasteiger partial charge in [0.05, 0.1) is 26.0 Å². The SMILES string of the molecule is CC(C)COc1c(C(=O)NC2C3CC4CC2CC(COC(N)=O)(C4)C3)cnn1C=CC(C)(C)CO. The Morgan fingerprint density at radius 3 is 2.60 bits per heavy atom. The highest BCUT2D eigenvalue weighted by Crippen LogP contribution is 2.60. The van der Waals surface area contributed by atoms with E-state index in [2.05, 4.69) is 24.3 Å². The molecule has 4 N–H and O–H groups in total. The van der Waals surface area contributed by atoms with E-state index in [1.807, 2.05) is 19.9 Å². The van der Waals surface area contributed by atoms with Crippen molar-refractivity contribution in [2.45, 2.75) is 65.8 Å². The number of hydrogen-bond acceptors (Lipinski definition) is 6. The molecule has 4 saturated carbocycles. The van der Waals surface area contributed by atoms with Crippen molar-refractivity contribution in [3.63, 3.8) is 0 Å². The van der Waals surface area contributed by atoms with Gasteiger partial charge < -0.3 is 25.6 Å². The molecule has 0 aromatic carbocycles. The zero-order valence-electron chi connectivity index (χ0n) is 21.3. The number of aliphatic hydroxyl groups excluding tert-OH is 1. The second-order valence-electron chi connectivity index (χ2n) is 12.1. The minimum atomic E-state index is -0.715. The Hall–Kier alpha value is -2.55. The van der Waals surface area contributed by atoms with E-state index < -0.39 is 11.5 Å². The normalized spacial score (nSPS) is 29.7. The summed E-state index contributed by atoms with van der Waals surface area (Å²) in [5, 5.41) is 17.3. The fraction of sp³-hybridized carbons (Fsp3) is 0.731. The van der Waals surface area contributed by atoms with Crippen molar-refractivity contribution >= 4 is 18.2 Å². The predicted octanol–water partition coefficient (Wildman–Crippen LogP) is 3.43. The molecule has 4 bridgehead atoms. The van der Waals surface area contributed by atoms with Gasteiger partial charge in [-0.15, -0.1) is 0 Å². The molecule has 4 aliphatic carbocycles. The summed E-state index contributed by atoms with van der Waals surface area (Å²) in [7, 11) is 0. The molecule has 0 radical (unpaired) electrons. The summed E-state index contributed by atoms with van der Waals surface area (Å²) in [6.45, 7) is 8.78. The maximum Gasteiger partial charge on any atom is 0.404 e. The summed E-state index contributed by atoms with van der Waals surface area (Å²) in [5.41, 5.74) is 5.23. The minimum Gasteiger partial charge on any atom is -0.477 e. The molecule has 2 amide bonds. The van der Waals surface area contributed by atoms with Crippen molar-refractivity contribution in [1.29, 1.82) is 0 Å². The fourth-order valence-corrected chi connectivity index (χ4v) is 6.39. The number of rotatable bonds is 10. The van der Waals surface area contributed by atoms with Crippen LogP contribution in [0.15, 0.2) is 12.3 Å². The molecule has 4 fully saturated rings. The van der Waals surface area contributed by atoms with Gasteiger partial charge in [-0.1, -0.05) is 33.8 Å². The summed E-state index contributed by atoms with van der Waals surface area (Å²) in [4.78, 5) is 24.7. The maximum atomic E-state index is 13.5. The van der Waals surface area contributed by atoms with Crippen molar-refractivity contribution in [2.24, 2.45) is 40.2 Å². The third-order valence-corrected chi connectivity index (χ3v) is 7.84. The Kier molecular flexibility index (Phi) is 7.18. The first-order chi connectivity index (χ1) is 16.5.